The van der Waals surface area contributed by atoms with Crippen molar-refractivity contribution in [3.63, 3.8) is 0 Å². The summed E-state index contributed by atoms with van der Waals surface area (Å²) in [6.07, 6.45) is 3.37. The van der Waals surface area contributed by atoms with Crippen LogP contribution in [0.3, 0.4) is 0 Å². The molecule has 0 atom stereocenters. The summed E-state index contributed by atoms with van der Waals surface area (Å²) in [5.41, 5.74) is 7.24. The Labute approximate surface area is 233 Å². The molecule has 202 valence electrons. The second-order valence-electron chi connectivity index (χ2n) is 9.29. The normalized spacial score (nSPS) is 11.4. The number of nitrogens with one attached hydrogen (secondary N) is 1. The lowest BCUT2D eigenvalue weighted by Gasteiger charge is -2.04. The first-order valence-electron chi connectivity index (χ1n) is 12.8. The molecule has 0 radical (unpaired) electrons. The van der Waals surface area contributed by atoms with Crippen molar-refractivity contribution in [1.82, 2.24) is 14.3 Å². The van der Waals surface area contributed by atoms with Crippen LogP contribution in [0.25, 0.3) is 38.8 Å². The van der Waals surface area contributed by atoms with E-state index in [4.69, 9.17) is 5.10 Å². The van der Waals surface area contributed by atoms with Gasteiger partial charge in [-0.15, -0.1) is 0 Å². The van der Waals surface area contributed by atoms with E-state index in [0.29, 0.717) is 11.3 Å². The van der Waals surface area contributed by atoms with Gasteiger partial charge in [-0.2, -0.15) is 10.2 Å². The fourth-order valence-electron chi connectivity index (χ4n) is 5.01. The number of anilines is 1. The molecule has 6 aromatic rings. The smallest absolute Gasteiger partial charge is 0.301 e. The van der Waals surface area contributed by atoms with Crippen molar-refractivity contribution in [2.75, 3.05) is 5.43 Å². The first-order valence-corrected chi connectivity index (χ1v) is 12.8. The second kappa shape index (κ2) is 10.4. The van der Waals surface area contributed by atoms with Gasteiger partial charge in [0.2, 0.25) is 0 Å². The lowest BCUT2D eigenvalue weighted by atomic mass is 10.0. The minimum Gasteiger partial charge on any atom is -0.341 e. The fraction of sp³-hybridized carbons (Fsp3) is 0.0667. The molecule has 0 amide bonds. The summed E-state index contributed by atoms with van der Waals surface area (Å²) in [4.78, 5) is 21.2. The molecule has 4 aromatic carbocycles. The summed E-state index contributed by atoms with van der Waals surface area (Å²) in [5.74, 6) is 0. The monoisotopic (exact) mass is 545 g/mol. The second-order valence-corrected chi connectivity index (χ2v) is 9.29. The van der Waals surface area contributed by atoms with Gasteiger partial charge in [-0.1, -0.05) is 42.5 Å². The first-order chi connectivity index (χ1) is 19.9. The van der Waals surface area contributed by atoms with Gasteiger partial charge in [0, 0.05) is 51.7 Å². The van der Waals surface area contributed by atoms with Crippen LogP contribution >= 0.6 is 0 Å². The van der Waals surface area contributed by atoms with Crippen LogP contribution in [0.2, 0.25) is 0 Å². The van der Waals surface area contributed by atoms with E-state index in [-0.39, 0.29) is 11.4 Å². The molecule has 6 rings (SSSR count). The first kappa shape index (κ1) is 25.4. The van der Waals surface area contributed by atoms with Gasteiger partial charge in [0.1, 0.15) is 11.4 Å². The number of hydrogen-bond acceptors (Lipinski definition) is 7. The predicted molar refractivity (Wildman–Crippen MR) is 159 cm³/mol. The van der Waals surface area contributed by atoms with Crippen LogP contribution in [0.1, 0.15) is 12.5 Å². The van der Waals surface area contributed by atoms with Crippen molar-refractivity contribution in [2.45, 2.75) is 13.5 Å². The molecule has 2 aromatic heterocycles. The Hall–Kier alpha value is -5.84. The molecular formula is C30H23N7O4. The van der Waals surface area contributed by atoms with Crippen molar-refractivity contribution in [2.24, 2.45) is 5.10 Å². The molecule has 0 aliphatic carbocycles. The SMILES string of the molecule is CCn1c2ccccc2c2cc(-c3nn(-c4ccccc4)cc3C=NNc3ccc([N+](=O)[O-])cc3[N+](=O)[O-])ccc21. The zero-order chi connectivity index (χ0) is 28.5. The maximum Gasteiger partial charge on any atom is 0.301 e. The molecular weight excluding hydrogens is 522 g/mol. The number of nitro groups is 2. The Bertz CT molecular complexity index is 1980. The molecule has 0 fully saturated rings. The Morgan fingerprint density at radius 3 is 2.39 bits per heavy atom. The Balaban J connectivity index is 1.43. The molecule has 0 aliphatic heterocycles. The van der Waals surface area contributed by atoms with Gasteiger partial charge in [-0.3, -0.25) is 25.7 Å². The van der Waals surface area contributed by atoms with E-state index in [2.05, 4.69) is 46.3 Å². The topological polar surface area (TPSA) is 133 Å². The van der Waals surface area contributed by atoms with Crippen LogP contribution in [0.15, 0.2) is 102 Å². The van der Waals surface area contributed by atoms with Crippen molar-refractivity contribution in [3.05, 3.63) is 123 Å². The lowest BCUT2D eigenvalue weighted by Crippen LogP contribution is -1.99. The number of aromatic nitrogens is 3. The molecule has 0 unspecified atom stereocenters. The van der Waals surface area contributed by atoms with Gasteiger partial charge >= 0.3 is 5.69 Å². The summed E-state index contributed by atoms with van der Waals surface area (Å²) in [6, 6.07) is 27.5. The van der Waals surface area contributed by atoms with Gasteiger partial charge in [0.15, 0.2) is 0 Å². The molecule has 41 heavy (non-hydrogen) atoms. The minimum absolute atomic E-state index is 0.0302. The number of hydrogen-bond donors (Lipinski definition) is 1. The highest BCUT2D eigenvalue weighted by molar-refractivity contribution is 6.09. The number of para-hydroxylation sites is 2. The van der Waals surface area contributed by atoms with E-state index < -0.39 is 15.5 Å². The lowest BCUT2D eigenvalue weighted by molar-refractivity contribution is -0.393. The molecule has 11 nitrogen and oxygen atoms in total. The molecule has 11 heteroatoms. The summed E-state index contributed by atoms with van der Waals surface area (Å²) < 4.78 is 4.03. The van der Waals surface area contributed by atoms with Crippen LogP contribution < -0.4 is 5.43 Å². The molecule has 0 spiro atoms. The number of rotatable bonds is 8. The standard InChI is InChI=1S/C30H23N7O4/c1-2-34-27-11-7-6-10-24(27)25-16-20(12-15-28(25)34)30-21(19-35(33-30)22-8-4-3-5-9-22)18-31-32-26-14-13-23(36(38)39)17-29(26)37(40)41/h3-19,32H,2H2,1H3. The van der Waals surface area contributed by atoms with Gasteiger partial charge in [-0.05, 0) is 43.3 Å². The van der Waals surface area contributed by atoms with Crippen molar-refractivity contribution in [1.29, 1.82) is 0 Å². The molecule has 2 heterocycles. The van der Waals surface area contributed by atoms with E-state index in [1.807, 2.05) is 54.7 Å². The van der Waals surface area contributed by atoms with E-state index in [1.165, 1.54) is 18.3 Å². The number of fused-ring (bicyclic) bond motifs is 3. The quantitative estimate of drug-likeness (QED) is 0.125. The Kier molecular flexibility index (Phi) is 6.44. The van der Waals surface area contributed by atoms with E-state index in [0.717, 1.165) is 45.7 Å². The number of hydrazone groups is 1. The molecule has 1 N–H and O–H groups in total. The third-order valence-electron chi connectivity index (χ3n) is 6.90. The zero-order valence-corrected chi connectivity index (χ0v) is 21.8. The van der Waals surface area contributed by atoms with Gasteiger partial charge < -0.3 is 4.57 Å². The third-order valence-corrected chi connectivity index (χ3v) is 6.90. The fourth-order valence-corrected chi connectivity index (χ4v) is 5.01. The number of nitrogens with zero attached hydrogens (tertiary/aromatic N) is 6. The van der Waals surface area contributed by atoms with E-state index >= 15 is 0 Å². The van der Waals surface area contributed by atoms with Crippen LogP contribution in [0, 0.1) is 20.2 Å². The maximum atomic E-state index is 11.5. The van der Waals surface area contributed by atoms with Crippen LogP contribution in [-0.4, -0.2) is 30.4 Å². The molecule has 0 saturated heterocycles. The number of nitro benzene ring substituents is 2. The van der Waals surface area contributed by atoms with E-state index in [1.54, 1.807) is 4.68 Å². The van der Waals surface area contributed by atoms with Crippen molar-refractivity contribution >= 4 is 45.1 Å². The Morgan fingerprint density at radius 1 is 0.878 bits per heavy atom. The highest BCUT2D eigenvalue weighted by Crippen LogP contribution is 2.34. The summed E-state index contributed by atoms with van der Waals surface area (Å²) in [7, 11) is 0. The minimum atomic E-state index is -0.689. The number of aryl methyl sites for hydroxylation is 1. The number of benzene rings is 4. The van der Waals surface area contributed by atoms with Gasteiger partial charge in [0.25, 0.3) is 5.69 Å². The molecule has 0 saturated carbocycles. The summed E-state index contributed by atoms with van der Waals surface area (Å²) >= 11 is 0. The molecule has 0 aliphatic rings. The van der Waals surface area contributed by atoms with Gasteiger partial charge in [0.05, 0.1) is 27.8 Å². The zero-order valence-electron chi connectivity index (χ0n) is 21.8. The van der Waals surface area contributed by atoms with Crippen molar-refractivity contribution < 1.29 is 9.85 Å². The van der Waals surface area contributed by atoms with Crippen molar-refractivity contribution in [3.8, 4) is 16.9 Å². The van der Waals surface area contributed by atoms with E-state index in [9.17, 15) is 20.2 Å². The highest BCUT2D eigenvalue weighted by Gasteiger charge is 2.20. The largest absolute Gasteiger partial charge is 0.341 e. The van der Waals surface area contributed by atoms with Crippen LogP contribution in [-0.2, 0) is 6.54 Å². The van der Waals surface area contributed by atoms with Crippen LogP contribution in [0.5, 0.6) is 0 Å². The average molecular weight is 546 g/mol. The summed E-state index contributed by atoms with van der Waals surface area (Å²) in [5, 5.41) is 34.0. The highest BCUT2D eigenvalue weighted by atomic mass is 16.6. The van der Waals surface area contributed by atoms with Gasteiger partial charge in [-0.25, -0.2) is 4.68 Å². The maximum absolute atomic E-state index is 11.5. The predicted octanol–water partition coefficient (Wildman–Crippen LogP) is 6.93. The molecule has 0 bridgehead atoms. The number of non-ortho nitro benzene ring substituents is 1. The summed E-state index contributed by atoms with van der Waals surface area (Å²) in [6.45, 7) is 2.96. The average Bonchev–Trinajstić information content (AvgIpc) is 3.56. The Morgan fingerprint density at radius 2 is 1.63 bits per heavy atom. The third kappa shape index (κ3) is 4.65. The van der Waals surface area contributed by atoms with Crippen LogP contribution in [0.4, 0.5) is 17.1 Å².